The normalized spacial score (nSPS) is 10.6. The van der Waals surface area contributed by atoms with Crippen LogP contribution in [0.4, 0.5) is 0 Å². The van der Waals surface area contributed by atoms with E-state index in [1.54, 1.807) is 0 Å². The van der Waals surface area contributed by atoms with E-state index in [0.717, 1.165) is 9.13 Å². The van der Waals surface area contributed by atoms with Crippen LogP contribution < -0.4 is 22.5 Å². The molecule has 8 heteroatoms. The third kappa shape index (κ3) is 2.19. The lowest BCUT2D eigenvalue weighted by molar-refractivity contribution is 0.740. The fraction of sp³-hybridized carbons (Fsp3) is 0.273. The van der Waals surface area contributed by atoms with Crippen molar-refractivity contribution in [1.82, 2.24) is 19.1 Å². The summed E-state index contributed by atoms with van der Waals surface area (Å²) < 4.78 is 1.84. The molecule has 2 heterocycles. The lowest BCUT2D eigenvalue weighted by atomic mass is 10.1. The van der Waals surface area contributed by atoms with Crippen molar-refractivity contribution in [3.8, 4) is 0 Å². The van der Waals surface area contributed by atoms with Crippen LogP contribution in [-0.4, -0.2) is 19.1 Å². The molecule has 100 valence electrons. The van der Waals surface area contributed by atoms with Crippen molar-refractivity contribution in [2.45, 2.75) is 6.42 Å². The molecule has 0 bridgehead atoms. The number of hydrogen-bond donors (Lipinski definition) is 2. The Bertz CT molecular complexity index is 781. The first kappa shape index (κ1) is 12.8. The van der Waals surface area contributed by atoms with Crippen molar-refractivity contribution in [2.75, 3.05) is 0 Å². The first-order valence-corrected chi connectivity index (χ1v) is 5.47. The monoisotopic (exact) mass is 264 g/mol. The van der Waals surface area contributed by atoms with E-state index in [2.05, 4.69) is 9.97 Å². The molecule has 0 unspecified atom stereocenters. The molecular formula is C11H12N4O4. The SMILES string of the molecule is Cn1c(=O)[nH]cc(Cc2c[nH]c(=O)n(C)c2=O)c1=O. The van der Waals surface area contributed by atoms with Crippen molar-refractivity contribution >= 4 is 0 Å². The van der Waals surface area contributed by atoms with Gasteiger partial charge in [0.1, 0.15) is 0 Å². The van der Waals surface area contributed by atoms with Crippen LogP contribution in [0.15, 0.2) is 31.6 Å². The summed E-state index contributed by atoms with van der Waals surface area (Å²) in [6.45, 7) is 0. The second-order valence-electron chi connectivity index (χ2n) is 4.14. The molecule has 0 saturated heterocycles. The molecule has 8 nitrogen and oxygen atoms in total. The minimum Gasteiger partial charge on any atom is -0.314 e. The summed E-state index contributed by atoms with van der Waals surface area (Å²) in [4.78, 5) is 50.8. The molecule has 0 atom stereocenters. The minimum absolute atomic E-state index is 0.0346. The Kier molecular flexibility index (Phi) is 3.07. The highest BCUT2D eigenvalue weighted by molar-refractivity contribution is 5.17. The maximum absolute atomic E-state index is 11.8. The van der Waals surface area contributed by atoms with Gasteiger partial charge in [0.2, 0.25) is 0 Å². The molecular weight excluding hydrogens is 252 g/mol. The van der Waals surface area contributed by atoms with Gasteiger partial charge in [-0.2, -0.15) is 0 Å². The average molecular weight is 264 g/mol. The molecule has 2 N–H and O–H groups in total. The third-order valence-electron chi connectivity index (χ3n) is 2.89. The van der Waals surface area contributed by atoms with E-state index in [4.69, 9.17) is 0 Å². The summed E-state index contributed by atoms with van der Waals surface area (Å²) >= 11 is 0. The van der Waals surface area contributed by atoms with E-state index >= 15 is 0 Å². The Morgan fingerprint density at radius 1 is 0.842 bits per heavy atom. The summed E-state index contributed by atoms with van der Waals surface area (Å²) in [5.74, 6) is 0. The van der Waals surface area contributed by atoms with Gasteiger partial charge in [0.15, 0.2) is 0 Å². The second-order valence-corrected chi connectivity index (χ2v) is 4.14. The van der Waals surface area contributed by atoms with Gasteiger partial charge in [-0.1, -0.05) is 0 Å². The second kappa shape index (κ2) is 4.56. The van der Waals surface area contributed by atoms with Crippen LogP contribution in [-0.2, 0) is 20.5 Å². The highest BCUT2D eigenvalue weighted by Gasteiger charge is 2.09. The van der Waals surface area contributed by atoms with Crippen LogP contribution >= 0.6 is 0 Å². The Hall–Kier alpha value is -2.64. The van der Waals surface area contributed by atoms with Crippen LogP contribution in [0.25, 0.3) is 0 Å². The summed E-state index contributed by atoms with van der Waals surface area (Å²) in [6, 6.07) is 0. The van der Waals surface area contributed by atoms with Crippen molar-refractivity contribution < 1.29 is 0 Å². The van der Waals surface area contributed by atoms with Crippen LogP contribution in [0.3, 0.4) is 0 Å². The molecule has 0 aliphatic heterocycles. The molecule has 0 fully saturated rings. The van der Waals surface area contributed by atoms with Crippen LogP contribution in [0.1, 0.15) is 11.1 Å². The van der Waals surface area contributed by atoms with Crippen molar-refractivity contribution in [2.24, 2.45) is 14.1 Å². The van der Waals surface area contributed by atoms with Crippen LogP contribution in [0, 0.1) is 0 Å². The molecule has 19 heavy (non-hydrogen) atoms. The molecule has 0 aromatic carbocycles. The van der Waals surface area contributed by atoms with Gasteiger partial charge in [0.25, 0.3) is 11.1 Å². The predicted octanol–water partition coefficient (Wildman–Crippen LogP) is -1.95. The Balaban J connectivity index is 2.55. The van der Waals surface area contributed by atoms with Gasteiger partial charge in [-0.15, -0.1) is 0 Å². The zero-order valence-electron chi connectivity index (χ0n) is 10.4. The first-order chi connectivity index (χ1) is 8.91. The molecule has 0 aliphatic rings. The summed E-state index contributed by atoms with van der Waals surface area (Å²) in [7, 11) is 2.69. The lowest BCUT2D eigenvalue weighted by Gasteiger charge is -2.03. The summed E-state index contributed by atoms with van der Waals surface area (Å²) in [5.41, 5.74) is -1.46. The van der Waals surface area contributed by atoms with E-state index in [9.17, 15) is 19.2 Å². The van der Waals surface area contributed by atoms with Crippen LogP contribution in [0.5, 0.6) is 0 Å². The zero-order valence-corrected chi connectivity index (χ0v) is 10.4. The average Bonchev–Trinajstić information content (AvgIpc) is 2.39. The Labute approximate surface area is 106 Å². The minimum atomic E-state index is -0.525. The van der Waals surface area contributed by atoms with Gasteiger partial charge < -0.3 is 9.97 Å². The number of nitrogens with zero attached hydrogens (tertiary/aromatic N) is 2. The number of hydrogen-bond acceptors (Lipinski definition) is 4. The molecule has 0 amide bonds. The Morgan fingerprint density at radius 3 is 1.58 bits per heavy atom. The maximum Gasteiger partial charge on any atom is 0.328 e. The number of H-pyrrole nitrogens is 2. The molecule has 0 spiro atoms. The topological polar surface area (TPSA) is 110 Å². The van der Waals surface area contributed by atoms with Gasteiger partial charge in [-0.25, -0.2) is 9.59 Å². The molecule has 2 aromatic rings. The third-order valence-corrected chi connectivity index (χ3v) is 2.89. The summed E-state index contributed by atoms with van der Waals surface area (Å²) in [6.07, 6.45) is 2.58. The van der Waals surface area contributed by atoms with E-state index in [0.29, 0.717) is 0 Å². The molecule has 0 saturated carbocycles. The number of aromatic nitrogens is 4. The highest BCUT2D eigenvalue weighted by atomic mass is 16.2. The van der Waals surface area contributed by atoms with Crippen molar-refractivity contribution in [3.05, 3.63) is 65.2 Å². The molecule has 2 rings (SSSR count). The molecule has 0 radical (unpaired) electrons. The first-order valence-electron chi connectivity index (χ1n) is 5.47. The largest absolute Gasteiger partial charge is 0.328 e. The van der Waals surface area contributed by atoms with Gasteiger partial charge in [0.05, 0.1) is 0 Å². The molecule has 2 aromatic heterocycles. The fourth-order valence-electron chi connectivity index (χ4n) is 1.69. The van der Waals surface area contributed by atoms with Crippen molar-refractivity contribution in [1.29, 1.82) is 0 Å². The summed E-state index contributed by atoms with van der Waals surface area (Å²) in [5, 5.41) is 0. The Morgan fingerprint density at radius 2 is 1.21 bits per heavy atom. The van der Waals surface area contributed by atoms with Crippen molar-refractivity contribution in [3.63, 3.8) is 0 Å². The standard InChI is InChI=1S/C11H12N4O4/c1-14-8(16)6(4-12-10(14)18)3-7-5-13-11(19)15(2)9(7)17/h4-5H,3H2,1-2H3,(H,12,18)(H,13,19). The van der Waals surface area contributed by atoms with E-state index in [1.807, 2.05) is 0 Å². The number of nitrogens with one attached hydrogen (secondary N) is 2. The van der Waals surface area contributed by atoms with Gasteiger partial charge in [-0.3, -0.25) is 18.7 Å². The van der Waals surface area contributed by atoms with E-state index < -0.39 is 22.5 Å². The van der Waals surface area contributed by atoms with Crippen LogP contribution in [0.2, 0.25) is 0 Å². The lowest BCUT2D eigenvalue weighted by Crippen LogP contribution is -2.37. The predicted molar refractivity (Wildman–Crippen MR) is 67.4 cm³/mol. The highest BCUT2D eigenvalue weighted by Crippen LogP contribution is 1.96. The molecule has 0 aliphatic carbocycles. The maximum atomic E-state index is 11.8. The number of rotatable bonds is 2. The van der Waals surface area contributed by atoms with Gasteiger partial charge in [-0.05, 0) is 0 Å². The zero-order chi connectivity index (χ0) is 14.2. The van der Waals surface area contributed by atoms with Gasteiger partial charge in [0, 0.05) is 44.0 Å². The van der Waals surface area contributed by atoms with E-state index in [-0.39, 0.29) is 17.5 Å². The smallest absolute Gasteiger partial charge is 0.314 e. The fourth-order valence-corrected chi connectivity index (χ4v) is 1.69. The quantitative estimate of drug-likeness (QED) is 0.657. The number of aromatic amines is 2. The van der Waals surface area contributed by atoms with E-state index in [1.165, 1.54) is 26.5 Å². The van der Waals surface area contributed by atoms with Gasteiger partial charge >= 0.3 is 11.4 Å².